The highest BCUT2D eigenvalue weighted by molar-refractivity contribution is 6.32. The minimum absolute atomic E-state index is 0.0315. The van der Waals surface area contributed by atoms with Crippen LogP contribution in [0.15, 0.2) is 36.7 Å². The van der Waals surface area contributed by atoms with E-state index in [0.29, 0.717) is 34.7 Å². The largest absolute Gasteiger partial charge is 0.492 e. The van der Waals surface area contributed by atoms with Crippen LogP contribution in [-0.2, 0) is 4.79 Å². The van der Waals surface area contributed by atoms with E-state index in [1.165, 1.54) is 6.92 Å². The summed E-state index contributed by atoms with van der Waals surface area (Å²) in [5.41, 5.74) is 0.473. The average molecular weight is 374 g/mol. The minimum atomic E-state index is -0.220. The number of ether oxygens (including phenoxy) is 2. The Bertz CT molecular complexity index is 817. The van der Waals surface area contributed by atoms with Crippen molar-refractivity contribution in [2.45, 2.75) is 32.2 Å². The molecule has 1 aromatic heterocycles. The van der Waals surface area contributed by atoms with Gasteiger partial charge in [0.25, 0.3) is 0 Å². The highest BCUT2D eigenvalue weighted by Gasteiger charge is 2.40. The first-order valence-corrected chi connectivity index (χ1v) is 8.78. The Morgan fingerprint density at radius 2 is 2.15 bits per heavy atom. The molecule has 1 N–H and O–H groups in total. The summed E-state index contributed by atoms with van der Waals surface area (Å²) in [7, 11) is 0. The molecule has 0 unspecified atom stereocenters. The van der Waals surface area contributed by atoms with E-state index in [1.807, 2.05) is 19.1 Å². The second-order valence-electron chi connectivity index (χ2n) is 6.08. The molecule has 0 bridgehead atoms. The summed E-state index contributed by atoms with van der Waals surface area (Å²) in [5.74, 6) is 1.50. The molecule has 0 radical (unpaired) electrons. The molecular formula is C19H20ClN3O3. The molecule has 3 rings (SSSR count). The zero-order chi connectivity index (χ0) is 18.6. The lowest BCUT2D eigenvalue weighted by Gasteiger charge is -2.10. The van der Waals surface area contributed by atoms with Crippen LogP contribution in [0.4, 0.5) is 0 Å². The van der Waals surface area contributed by atoms with Crippen molar-refractivity contribution < 1.29 is 14.3 Å². The molecule has 1 saturated carbocycles. The summed E-state index contributed by atoms with van der Waals surface area (Å²) in [5, 5.41) is 3.42. The third kappa shape index (κ3) is 4.73. The van der Waals surface area contributed by atoms with Crippen molar-refractivity contribution in [2.75, 3.05) is 6.61 Å². The highest BCUT2D eigenvalue weighted by Crippen LogP contribution is 2.37. The molecule has 1 amide bonds. The third-order valence-corrected chi connectivity index (χ3v) is 4.16. The van der Waals surface area contributed by atoms with Crippen LogP contribution in [0.3, 0.4) is 0 Å². The predicted molar refractivity (Wildman–Crippen MR) is 99.5 cm³/mol. The van der Waals surface area contributed by atoms with E-state index in [-0.39, 0.29) is 11.4 Å². The second-order valence-corrected chi connectivity index (χ2v) is 6.48. The molecular weight excluding hydrogens is 354 g/mol. The maximum atomic E-state index is 11.2. The maximum Gasteiger partial charge on any atom is 0.237 e. The highest BCUT2D eigenvalue weighted by atomic mass is 35.5. The number of hydrogen-bond donors (Lipinski definition) is 1. The van der Waals surface area contributed by atoms with Crippen LogP contribution >= 0.6 is 11.6 Å². The SMILES string of the molecule is CCOc1ccc(Oc2cnc(/C=C/C3(NC(C)=O)CC3)cn2)cc1Cl. The lowest BCUT2D eigenvalue weighted by Crippen LogP contribution is -2.33. The fraction of sp³-hybridized carbons (Fsp3) is 0.316. The molecule has 1 aliphatic carbocycles. The molecule has 26 heavy (non-hydrogen) atoms. The molecule has 2 aromatic rings. The summed E-state index contributed by atoms with van der Waals surface area (Å²) in [6.45, 7) is 3.96. The molecule has 7 heteroatoms. The summed E-state index contributed by atoms with van der Waals surface area (Å²) < 4.78 is 11.1. The molecule has 1 aliphatic rings. The Kier molecular flexibility index (Phi) is 5.42. The van der Waals surface area contributed by atoms with Crippen molar-refractivity contribution in [1.29, 1.82) is 0 Å². The average Bonchev–Trinajstić information content (AvgIpc) is 3.36. The van der Waals surface area contributed by atoms with Crippen LogP contribution in [0, 0.1) is 0 Å². The van der Waals surface area contributed by atoms with Gasteiger partial charge in [0.05, 0.1) is 35.3 Å². The lowest BCUT2D eigenvalue weighted by atomic mass is 10.2. The fourth-order valence-corrected chi connectivity index (χ4v) is 2.69. The van der Waals surface area contributed by atoms with Gasteiger partial charge in [0.1, 0.15) is 11.5 Å². The Hall–Kier alpha value is -2.60. The number of nitrogens with zero attached hydrogens (tertiary/aromatic N) is 2. The van der Waals surface area contributed by atoms with E-state index < -0.39 is 0 Å². The number of rotatable bonds is 7. The van der Waals surface area contributed by atoms with E-state index in [2.05, 4.69) is 15.3 Å². The number of amides is 1. The number of carbonyl (C=O) groups excluding carboxylic acids is 1. The van der Waals surface area contributed by atoms with Crippen LogP contribution in [-0.4, -0.2) is 28.0 Å². The van der Waals surface area contributed by atoms with Gasteiger partial charge < -0.3 is 14.8 Å². The normalized spacial score (nSPS) is 14.9. The van der Waals surface area contributed by atoms with Crippen LogP contribution in [0.5, 0.6) is 17.4 Å². The number of aromatic nitrogens is 2. The first kappa shape index (κ1) is 18.2. The maximum absolute atomic E-state index is 11.2. The van der Waals surface area contributed by atoms with Gasteiger partial charge >= 0.3 is 0 Å². The number of carbonyl (C=O) groups is 1. The second kappa shape index (κ2) is 7.74. The number of benzene rings is 1. The first-order chi connectivity index (χ1) is 12.5. The Balaban J connectivity index is 1.63. The van der Waals surface area contributed by atoms with Crippen molar-refractivity contribution in [3.05, 3.63) is 47.4 Å². The Morgan fingerprint density at radius 1 is 1.35 bits per heavy atom. The molecule has 0 spiro atoms. The van der Waals surface area contributed by atoms with Crippen LogP contribution in [0.25, 0.3) is 6.08 Å². The van der Waals surface area contributed by atoms with Crippen molar-refractivity contribution in [3.8, 4) is 17.4 Å². The topological polar surface area (TPSA) is 73.3 Å². The number of halogens is 1. The Labute approximate surface area is 157 Å². The lowest BCUT2D eigenvalue weighted by molar-refractivity contribution is -0.119. The minimum Gasteiger partial charge on any atom is -0.492 e. The van der Waals surface area contributed by atoms with Crippen molar-refractivity contribution in [1.82, 2.24) is 15.3 Å². The van der Waals surface area contributed by atoms with Crippen LogP contribution in [0.1, 0.15) is 32.4 Å². The molecule has 0 aliphatic heterocycles. The third-order valence-electron chi connectivity index (χ3n) is 3.86. The molecule has 0 atom stereocenters. The summed E-state index contributed by atoms with van der Waals surface area (Å²) in [6, 6.07) is 5.19. The molecule has 0 saturated heterocycles. The van der Waals surface area contributed by atoms with E-state index >= 15 is 0 Å². The van der Waals surface area contributed by atoms with Crippen molar-refractivity contribution in [3.63, 3.8) is 0 Å². The summed E-state index contributed by atoms with van der Waals surface area (Å²) in [6.07, 6.45) is 8.86. The van der Waals surface area contributed by atoms with Gasteiger partial charge in [0.2, 0.25) is 11.8 Å². The van der Waals surface area contributed by atoms with E-state index in [1.54, 1.807) is 30.6 Å². The molecule has 1 aromatic carbocycles. The molecule has 6 nitrogen and oxygen atoms in total. The standard InChI is InChI=1S/C19H20ClN3O3/c1-3-25-17-5-4-15(10-16(17)20)26-18-12-21-14(11-22-18)6-7-19(8-9-19)23-13(2)24/h4-7,10-12H,3,8-9H2,1-2H3,(H,23,24)/b7-6+. The number of hydrogen-bond acceptors (Lipinski definition) is 5. The van der Waals surface area contributed by atoms with Gasteiger partial charge in [-0.3, -0.25) is 4.79 Å². The molecule has 136 valence electrons. The van der Waals surface area contributed by atoms with Crippen molar-refractivity contribution in [2.24, 2.45) is 0 Å². The summed E-state index contributed by atoms with van der Waals surface area (Å²) in [4.78, 5) is 19.8. The van der Waals surface area contributed by atoms with E-state index in [9.17, 15) is 4.79 Å². The number of nitrogens with one attached hydrogen (secondary N) is 1. The van der Waals surface area contributed by atoms with E-state index in [4.69, 9.17) is 21.1 Å². The summed E-state index contributed by atoms with van der Waals surface area (Å²) >= 11 is 6.15. The molecule has 1 heterocycles. The zero-order valence-corrected chi connectivity index (χ0v) is 15.4. The van der Waals surface area contributed by atoms with Gasteiger partial charge in [-0.1, -0.05) is 17.7 Å². The van der Waals surface area contributed by atoms with Crippen LogP contribution < -0.4 is 14.8 Å². The first-order valence-electron chi connectivity index (χ1n) is 8.40. The fourth-order valence-electron chi connectivity index (χ4n) is 2.47. The van der Waals surface area contributed by atoms with Crippen LogP contribution in [0.2, 0.25) is 5.02 Å². The van der Waals surface area contributed by atoms with E-state index in [0.717, 1.165) is 12.8 Å². The van der Waals surface area contributed by atoms with Gasteiger partial charge in [-0.05, 0) is 38.0 Å². The molecule has 1 fully saturated rings. The van der Waals surface area contributed by atoms with Gasteiger partial charge in [0, 0.05) is 13.0 Å². The van der Waals surface area contributed by atoms with Crippen molar-refractivity contribution >= 4 is 23.6 Å². The van der Waals surface area contributed by atoms with Gasteiger partial charge in [-0.2, -0.15) is 0 Å². The smallest absolute Gasteiger partial charge is 0.237 e. The zero-order valence-electron chi connectivity index (χ0n) is 14.7. The predicted octanol–water partition coefficient (Wildman–Crippen LogP) is 4.00. The van der Waals surface area contributed by atoms with Gasteiger partial charge in [-0.15, -0.1) is 0 Å². The monoisotopic (exact) mass is 373 g/mol. The Morgan fingerprint density at radius 3 is 2.73 bits per heavy atom. The van der Waals surface area contributed by atoms with Gasteiger partial charge in [-0.25, -0.2) is 9.97 Å². The van der Waals surface area contributed by atoms with Gasteiger partial charge in [0.15, 0.2) is 0 Å². The quantitative estimate of drug-likeness (QED) is 0.794.